The quantitative estimate of drug-likeness (QED) is 0.469. The summed E-state index contributed by atoms with van der Waals surface area (Å²) in [5, 5.41) is 0. The molecule has 56 valence electrons. The lowest BCUT2D eigenvalue weighted by molar-refractivity contribution is -0.368. The zero-order valence-corrected chi connectivity index (χ0v) is 9.90. The van der Waals surface area contributed by atoms with Gasteiger partial charge in [0.1, 0.15) is 0 Å². The van der Waals surface area contributed by atoms with Crippen molar-refractivity contribution in [1.82, 2.24) is 6.15 Å². The lowest BCUT2D eigenvalue weighted by Crippen LogP contribution is -3.00. The van der Waals surface area contributed by atoms with Gasteiger partial charge in [-0.2, -0.15) is 0 Å². The van der Waals surface area contributed by atoms with Crippen LogP contribution in [0.4, 0.5) is 0 Å². The lowest BCUT2D eigenvalue weighted by atomic mass is 10.3. The Labute approximate surface area is 85.6 Å². The van der Waals surface area contributed by atoms with Gasteiger partial charge in [-0.15, -0.1) is 0 Å². The maximum atomic E-state index is 3.68. The Kier molecular flexibility index (Phi) is 67.7. The smallest absolute Gasteiger partial charge is 0.0739 e. The highest BCUT2D eigenvalue weighted by atomic mass is 127. The minimum atomic E-state index is 0. The fourth-order valence-electron chi connectivity index (χ4n) is 0.250. The summed E-state index contributed by atoms with van der Waals surface area (Å²) < 4.78 is 0. The van der Waals surface area contributed by atoms with Gasteiger partial charge in [-0.25, -0.2) is 0 Å². The van der Waals surface area contributed by atoms with Crippen molar-refractivity contribution in [3.8, 4) is 0 Å². The molecular weight excluding hydrogens is 330 g/mol. The van der Waals surface area contributed by atoms with Crippen molar-refractivity contribution in [2.24, 2.45) is 0 Å². The van der Waals surface area contributed by atoms with E-state index in [1.165, 1.54) is 12.8 Å². The molecule has 0 aromatic rings. The van der Waals surface area contributed by atoms with E-state index < -0.39 is 0 Å². The molecule has 0 saturated carbocycles. The van der Waals surface area contributed by atoms with Gasteiger partial charge >= 0.3 is 0 Å². The minimum Gasteiger partial charge on any atom is -1.00 e. The van der Waals surface area contributed by atoms with Crippen molar-refractivity contribution >= 4 is 0 Å². The standard InChI is InChI=1S/C4H11N.2HI.H3N/c1-2-3-4-5;;;/h2-5H2,1H3;2*1H;1H3. The number of hydrogen-bond acceptors (Lipinski definition) is 0. The summed E-state index contributed by atoms with van der Waals surface area (Å²) in [5.74, 6) is 0. The van der Waals surface area contributed by atoms with Crippen LogP contribution in [-0.2, 0) is 0 Å². The summed E-state index contributed by atoms with van der Waals surface area (Å²) in [7, 11) is 0. The van der Waals surface area contributed by atoms with Gasteiger partial charge < -0.3 is 59.8 Å². The second-order valence-electron chi connectivity index (χ2n) is 1.21. The summed E-state index contributed by atoms with van der Waals surface area (Å²) in [6.45, 7) is 3.27. The normalized spacial score (nSPS) is 5.25. The molecule has 0 aliphatic rings. The highest BCUT2D eigenvalue weighted by Crippen LogP contribution is 1.75. The van der Waals surface area contributed by atoms with Crippen molar-refractivity contribution in [1.29, 1.82) is 0 Å². The van der Waals surface area contributed by atoms with Crippen molar-refractivity contribution in [3.63, 3.8) is 0 Å². The molecule has 2 nitrogen and oxygen atoms in total. The molecule has 0 aromatic heterocycles. The van der Waals surface area contributed by atoms with E-state index in [-0.39, 0.29) is 54.1 Å². The first-order valence-corrected chi connectivity index (χ1v) is 2.21. The molecule has 8 heavy (non-hydrogen) atoms. The SMILES string of the molecule is CCCC[NH3+].[I-].[I-].[NH4+]. The Bertz CT molecular complexity index is 19.5. The molecule has 0 aromatic carbocycles. The van der Waals surface area contributed by atoms with E-state index in [1.807, 2.05) is 0 Å². The molecule has 0 fully saturated rings. The Morgan fingerprint density at radius 3 is 1.62 bits per heavy atom. The summed E-state index contributed by atoms with van der Waals surface area (Å²) >= 11 is 0. The number of unbranched alkanes of at least 4 members (excludes halogenated alkanes) is 1. The van der Waals surface area contributed by atoms with Gasteiger partial charge in [-0.05, 0) is 6.42 Å². The lowest BCUT2D eigenvalue weighted by Gasteiger charge is -1.77. The van der Waals surface area contributed by atoms with Gasteiger partial charge in [-0.1, -0.05) is 13.3 Å². The van der Waals surface area contributed by atoms with Gasteiger partial charge in [0.05, 0.1) is 6.54 Å². The van der Waals surface area contributed by atoms with E-state index in [2.05, 4.69) is 12.7 Å². The second-order valence-corrected chi connectivity index (χ2v) is 1.21. The van der Waals surface area contributed by atoms with Crippen LogP contribution in [0, 0.1) is 0 Å². The van der Waals surface area contributed by atoms with Crippen molar-refractivity contribution in [3.05, 3.63) is 0 Å². The van der Waals surface area contributed by atoms with Crippen molar-refractivity contribution < 1.29 is 53.7 Å². The molecular formula is C4H16I2N2. The predicted octanol–water partition coefficient (Wildman–Crippen LogP) is -5.59. The van der Waals surface area contributed by atoms with E-state index in [0.29, 0.717) is 0 Å². The van der Waals surface area contributed by atoms with Crippen LogP contribution in [0.1, 0.15) is 19.8 Å². The first kappa shape index (κ1) is 22.8. The predicted molar refractivity (Wildman–Crippen MR) is 28.6 cm³/mol. The zero-order valence-electron chi connectivity index (χ0n) is 5.58. The first-order valence-electron chi connectivity index (χ1n) is 2.21. The Balaban J connectivity index is -0.0000000267. The molecule has 0 aliphatic carbocycles. The molecule has 0 spiro atoms. The molecule has 0 aliphatic heterocycles. The summed E-state index contributed by atoms with van der Waals surface area (Å²) in [5.41, 5.74) is 3.68. The zero-order chi connectivity index (χ0) is 4.12. The second kappa shape index (κ2) is 23.8. The Hall–Kier alpha value is 1.38. The third-order valence-corrected chi connectivity index (χ3v) is 0.604. The van der Waals surface area contributed by atoms with Crippen LogP contribution < -0.4 is 59.8 Å². The van der Waals surface area contributed by atoms with Crippen LogP contribution >= 0.6 is 0 Å². The van der Waals surface area contributed by atoms with Gasteiger partial charge in [0.15, 0.2) is 0 Å². The van der Waals surface area contributed by atoms with Gasteiger partial charge in [-0.3, -0.25) is 0 Å². The molecule has 7 N–H and O–H groups in total. The third-order valence-electron chi connectivity index (χ3n) is 0.604. The first-order chi connectivity index (χ1) is 2.41. The van der Waals surface area contributed by atoms with Crippen LogP contribution in [0.5, 0.6) is 0 Å². The Morgan fingerprint density at radius 2 is 1.62 bits per heavy atom. The molecule has 0 heterocycles. The number of hydrogen-bond donors (Lipinski definition) is 2. The van der Waals surface area contributed by atoms with Crippen LogP contribution in [0.25, 0.3) is 0 Å². The molecule has 0 radical (unpaired) electrons. The largest absolute Gasteiger partial charge is 1.00 e. The fourth-order valence-corrected chi connectivity index (χ4v) is 0.250. The minimum absolute atomic E-state index is 0. The third kappa shape index (κ3) is 26.3. The fraction of sp³-hybridized carbons (Fsp3) is 1.00. The molecule has 4 heteroatoms. The van der Waals surface area contributed by atoms with Gasteiger partial charge in [0.25, 0.3) is 0 Å². The van der Waals surface area contributed by atoms with E-state index in [9.17, 15) is 0 Å². The molecule has 0 atom stereocenters. The Morgan fingerprint density at radius 1 is 1.25 bits per heavy atom. The maximum absolute atomic E-state index is 3.68. The summed E-state index contributed by atoms with van der Waals surface area (Å²) in [4.78, 5) is 0. The van der Waals surface area contributed by atoms with Gasteiger partial charge in [0.2, 0.25) is 0 Å². The summed E-state index contributed by atoms with van der Waals surface area (Å²) in [6.07, 6.45) is 2.56. The van der Waals surface area contributed by atoms with Crippen LogP contribution in [0.3, 0.4) is 0 Å². The number of quaternary nitrogens is 2. The van der Waals surface area contributed by atoms with Crippen molar-refractivity contribution in [2.45, 2.75) is 19.8 Å². The molecule has 0 amide bonds. The number of halogens is 2. The molecule has 0 rings (SSSR count). The average molecular weight is 346 g/mol. The van der Waals surface area contributed by atoms with E-state index in [1.54, 1.807) is 0 Å². The highest BCUT2D eigenvalue weighted by molar-refractivity contribution is 4.21. The number of rotatable bonds is 2. The molecule has 0 saturated heterocycles. The van der Waals surface area contributed by atoms with E-state index in [4.69, 9.17) is 0 Å². The van der Waals surface area contributed by atoms with Crippen molar-refractivity contribution in [2.75, 3.05) is 6.54 Å². The van der Waals surface area contributed by atoms with Crippen LogP contribution in [0.2, 0.25) is 0 Å². The maximum Gasteiger partial charge on any atom is 0.0739 e. The molecule has 0 unspecified atom stereocenters. The average Bonchev–Trinajstić information content (AvgIpc) is 1.41. The monoisotopic (exact) mass is 346 g/mol. The van der Waals surface area contributed by atoms with Gasteiger partial charge in [0, 0.05) is 0 Å². The summed E-state index contributed by atoms with van der Waals surface area (Å²) in [6, 6.07) is 0. The van der Waals surface area contributed by atoms with Crippen LogP contribution in [-0.4, -0.2) is 6.54 Å². The topological polar surface area (TPSA) is 64.1 Å². The van der Waals surface area contributed by atoms with E-state index in [0.717, 1.165) is 6.54 Å². The van der Waals surface area contributed by atoms with E-state index >= 15 is 0 Å². The molecule has 0 bridgehead atoms. The highest BCUT2D eigenvalue weighted by Gasteiger charge is 1.71. The van der Waals surface area contributed by atoms with Crippen LogP contribution in [0.15, 0.2) is 0 Å².